The van der Waals surface area contributed by atoms with E-state index in [1.54, 1.807) is 31.4 Å². The predicted molar refractivity (Wildman–Crippen MR) is 167 cm³/mol. The lowest BCUT2D eigenvalue weighted by molar-refractivity contribution is -0.150. The molecule has 3 aliphatic rings. The van der Waals surface area contributed by atoms with E-state index < -0.39 is 18.4 Å². The van der Waals surface area contributed by atoms with Crippen LogP contribution >= 0.6 is 0 Å². The number of nitriles is 1. The van der Waals surface area contributed by atoms with Crippen molar-refractivity contribution in [3.63, 3.8) is 0 Å². The maximum absolute atomic E-state index is 12.7. The third-order valence-electron chi connectivity index (χ3n) is 8.68. The molecule has 0 spiro atoms. The molecule has 0 aliphatic carbocycles. The first-order chi connectivity index (χ1) is 22.8. The van der Waals surface area contributed by atoms with Crippen LogP contribution in [0.15, 0.2) is 42.7 Å². The average molecular weight is 651 g/mol. The van der Waals surface area contributed by atoms with Crippen LogP contribution in [0.25, 0.3) is 11.3 Å². The molecule has 5 heterocycles. The number of aromatic nitrogens is 3. The van der Waals surface area contributed by atoms with Crippen LogP contribution in [0.1, 0.15) is 18.4 Å². The molecule has 248 valence electrons. The Balaban J connectivity index is 1.08. The van der Waals surface area contributed by atoms with Crippen molar-refractivity contribution in [2.75, 3.05) is 69.8 Å². The highest BCUT2D eigenvalue weighted by Gasteiger charge is 2.33. The molecular weight excluding hydrogens is 614 g/mol. The number of pyridine rings is 1. The normalized spacial score (nSPS) is 18.4. The summed E-state index contributed by atoms with van der Waals surface area (Å²) in [5.74, 6) is 0.956. The van der Waals surface area contributed by atoms with Crippen LogP contribution in [0.3, 0.4) is 0 Å². The molecule has 1 amide bonds. The van der Waals surface area contributed by atoms with E-state index in [1.165, 1.54) is 11.2 Å². The van der Waals surface area contributed by atoms with Gasteiger partial charge < -0.3 is 34.4 Å². The van der Waals surface area contributed by atoms with E-state index in [0.29, 0.717) is 59.0 Å². The zero-order valence-electron chi connectivity index (χ0n) is 25.9. The second-order valence-corrected chi connectivity index (χ2v) is 11.6. The Morgan fingerprint density at radius 1 is 1.06 bits per heavy atom. The lowest BCUT2D eigenvalue weighted by Gasteiger charge is -2.43. The first-order valence-corrected chi connectivity index (χ1v) is 15.5. The smallest absolute Gasteiger partial charge is 0.273 e. The lowest BCUT2D eigenvalue weighted by atomic mass is 10.1. The summed E-state index contributed by atoms with van der Waals surface area (Å²) < 4.78 is 42.5. The number of aliphatic hydroxyl groups is 1. The first-order valence-electron chi connectivity index (χ1n) is 15.5. The second kappa shape index (κ2) is 14.4. The van der Waals surface area contributed by atoms with Crippen molar-refractivity contribution in [1.29, 1.82) is 5.26 Å². The molecule has 3 aliphatic heterocycles. The number of rotatable bonds is 10. The van der Waals surface area contributed by atoms with Gasteiger partial charge in [0.25, 0.3) is 12.3 Å². The number of piperidine rings is 1. The first kappa shape index (κ1) is 32.3. The molecule has 3 aromatic rings. The molecule has 3 saturated heterocycles. The highest BCUT2D eigenvalue weighted by molar-refractivity contribution is 5.81. The summed E-state index contributed by atoms with van der Waals surface area (Å²) in [7, 11) is 1.60. The fraction of sp³-hybridized carbons (Fsp3) is 0.469. The molecule has 0 unspecified atom stereocenters. The van der Waals surface area contributed by atoms with E-state index in [-0.39, 0.29) is 19.2 Å². The van der Waals surface area contributed by atoms with Gasteiger partial charge in [0.2, 0.25) is 5.88 Å². The Labute approximate surface area is 270 Å². The van der Waals surface area contributed by atoms with E-state index in [4.69, 9.17) is 14.2 Å². The topological polar surface area (TPSA) is 149 Å². The van der Waals surface area contributed by atoms with Gasteiger partial charge >= 0.3 is 0 Å². The van der Waals surface area contributed by atoms with E-state index in [2.05, 4.69) is 36.1 Å². The number of aliphatic hydroxyl groups excluding tert-OH is 1. The molecule has 0 radical (unpaired) electrons. The van der Waals surface area contributed by atoms with E-state index in [0.717, 1.165) is 45.1 Å². The van der Waals surface area contributed by atoms with Gasteiger partial charge in [-0.3, -0.25) is 9.69 Å². The number of anilines is 3. The van der Waals surface area contributed by atoms with E-state index in [9.17, 15) is 23.9 Å². The molecule has 0 saturated carbocycles. The number of ether oxygens (including phenoxy) is 3. The Morgan fingerprint density at radius 3 is 2.49 bits per heavy atom. The number of methoxy groups -OCH3 is 1. The molecule has 1 atom stereocenters. The Hall–Kier alpha value is -4.65. The fourth-order valence-electron chi connectivity index (χ4n) is 5.92. The minimum Gasteiger partial charge on any atom is -0.489 e. The standard InChI is InChI=1S/C32H36F2N8O5/c1-45-31-25(41-12-10-40(11-13-41)22-17-46-18-22)3-5-27(39-31)38-28-15-24(36-19-37-28)20-2-4-26(21(14-20)16-35)47-23-6-8-42(9-7-23)32(44)29(43)30(33)34/h2-5,14-15,19,22-23,29-30,43H,6-13,17-18H2,1H3,(H,36,37,38,39)/t29-/m0/s1. The van der Waals surface area contributed by atoms with Crippen molar-refractivity contribution in [2.24, 2.45) is 0 Å². The molecule has 47 heavy (non-hydrogen) atoms. The molecule has 3 fully saturated rings. The van der Waals surface area contributed by atoms with Gasteiger partial charge in [-0.1, -0.05) is 0 Å². The molecule has 0 bridgehead atoms. The summed E-state index contributed by atoms with van der Waals surface area (Å²) >= 11 is 0. The second-order valence-electron chi connectivity index (χ2n) is 11.6. The van der Waals surface area contributed by atoms with Gasteiger partial charge in [-0.25, -0.2) is 18.7 Å². The molecular formula is C32H36F2N8O5. The number of hydrogen-bond donors (Lipinski definition) is 2. The van der Waals surface area contributed by atoms with Crippen molar-refractivity contribution >= 4 is 23.2 Å². The Morgan fingerprint density at radius 2 is 1.83 bits per heavy atom. The van der Waals surface area contributed by atoms with Crippen LogP contribution in [-0.2, 0) is 9.53 Å². The third kappa shape index (κ3) is 7.35. The van der Waals surface area contributed by atoms with Crippen LogP contribution in [0.4, 0.5) is 26.1 Å². The SMILES string of the molecule is COc1nc(Nc2cc(-c3ccc(OC4CCN(C(=O)[C@@H](O)C(F)F)CC4)c(C#N)c3)ncn2)ccc1N1CCN(C2COC2)CC1. The molecule has 13 nitrogen and oxygen atoms in total. The number of alkyl halides is 2. The molecule has 6 rings (SSSR count). The van der Waals surface area contributed by atoms with Crippen LogP contribution in [0.5, 0.6) is 11.6 Å². The number of nitrogens with zero attached hydrogens (tertiary/aromatic N) is 7. The number of piperazine rings is 1. The summed E-state index contributed by atoms with van der Waals surface area (Å²) in [5, 5.41) is 22.5. The summed E-state index contributed by atoms with van der Waals surface area (Å²) in [6.07, 6.45) is -3.60. The molecule has 2 N–H and O–H groups in total. The number of amides is 1. The quantitative estimate of drug-likeness (QED) is 0.332. The third-order valence-corrected chi connectivity index (χ3v) is 8.68. The highest BCUT2D eigenvalue weighted by Crippen LogP contribution is 2.32. The van der Waals surface area contributed by atoms with Gasteiger partial charge in [-0.2, -0.15) is 10.2 Å². The zero-order chi connectivity index (χ0) is 32.9. The minimum atomic E-state index is -3.13. The highest BCUT2D eigenvalue weighted by atomic mass is 19.3. The monoisotopic (exact) mass is 650 g/mol. The maximum atomic E-state index is 12.7. The van der Waals surface area contributed by atoms with Gasteiger partial charge in [0.1, 0.15) is 41.6 Å². The van der Waals surface area contributed by atoms with Crippen molar-refractivity contribution in [3.8, 4) is 29.0 Å². The van der Waals surface area contributed by atoms with Crippen LogP contribution in [-0.4, -0.2) is 120 Å². The number of nitrogens with one attached hydrogen (secondary N) is 1. The van der Waals surface area contributed by atoms with Gasteiger partial charge in [0, 0.05) is 63.7 Å². The number of carbonyl (C=O) groups is 1. The van der Waals surface area contributed by atoms with Crippen molar-refractivity contribution in [3.05, 3.63) is 48.3 Å². The van der Waals surface area contributed by atoms with E-state index >= 15 is 0 Å². The van der Waals surface area contributed by atoms with E-state index in [1.807, 2.05) is 12.1 Å². The average Bonchev–Trinajstić information content (AvgIpc) is 3.07. The van der Waals surface area contributed by atoms with Gasteiger partial charge in [-0.15, -0.1) is 0 Å². The zero-order valence-corrected chi connectivity index (χ0v) is 25.9. The number of halogens is 2. The largest absolute Gasteiger partial charge is 0.489 e. The maximum Gasteiger partial charge on any atom is 0.273 e. The Bertz CT molecular complexity index is 1600. The van der Waals surface area contributed by atoms with Gasteiger partial charge in [0.15, 0.2) is 6.10 Å². The van der Waals surface area contributed by atoms with Crippen LogP contribution in [0.2, 0.25) is 0 Å². The van der Waals surface area contributed by atoms with Crippen LogP contribution in [0, 0.1) is 11.3 Å². The lowest BCUT2D eigenvalue weighted by Crippen LogP contribution is -2.56. The van der Waals surface area contributed by atoms with Crippen molar-refractivity contribution in [1.82, 2.24) is 24.8 Å². The summed E-state index contributed by atoms with van der Waals surface area (Å²) in [5.41, 5.74) is 2.48. The molecule has 15 heteroatoms. The number of hydrogen-bond acceptors (Lipinski definition) is 12. The summed E-state index contributed by atoms with van der Waals surface area (Å²) in [6.45, 7) is 5.62. The number of carbonyl (C=O) groups excluding carboxylic acids is 1. The molecule has 1 aromatic carbocycles. The summed E-state index contributed by atoms with van der Waals surface area (Å²) in [6, 6.07) is 13.5. The Kier molecular flexibility index (Phi) is 9.90. The predicted octanol–water partition coefficient (Wildman–Crippen LogP) is 2.68. The van der Waals surface area contributed by atoms with Crippen LogP contribution < -0.4 is 19.7 Å². The minimum absolute atomic E-state index is 0.168. The van der Waals surface area contributed by atoms with Crippen molar-refractivity contribution in [2.45, 2.75) is 37.5 Å². The van der Waals surface area contributed by atoms with Gasteiger partial charge in [-0.05, 0) is 30.3 Å². The van der Waals surface area contributed by atoms with Gasteiger partial charge in [0.05, 0.1) is 37.6 Å². The number of benzene rings is 1. The number of likely N-dealkylation sites (tertiary alicyclic amines) is 1. The van der Waals surface area contributed by atoms with Crippen molar-refractivity contribution < 1.29 is 32.9 Å². The molecule has 2 aromatic heterocycles. The fourth-order valence-corrected chi connectivity index (χ4v) is 5.92. The summed E-state index contributed by atoms with van der Waals surface area (Å²) in [4.78, 5) is 31.4.